The van der Waals surface area contributed by atoms with Gasteiger partial charge in [-0.05, 0) is 26.8 Å². The highest BCUT2D eigenvalue weighted by Gasteiger charge is 2.27. The molecule has 0 heterocycles. The summed E-state index contributed by atoms with van der Waals surface area (Å²) in [6.07, 6.45) is 5.09. The highest BCUT2D eigenvalue weighted by Crippen LogP contribution is 2.24. The molecule has 0 aromatic heterocycles. The van der Waals surface area contributed by atoms with Gasteiger partial charge in [-0.3, -0.25) is 9.69 Å². The number of benzene rings is 1. The second-order valence-electron chi connectivity index (χ2n) is 5.01. The molecular weight excluding hydrogens is 210 g/mol. The van der Waals surface area contributed by atoms with Gasteiger partial charge >= 0.3 is 0 Å². The summed E-state index contributed by atoms with van der Waals surface area (Å²) in [7, 11) is 2.08. The third-order valence-corrected chi connectivity index (χ3v) is 3.95. The third-order valence-electron chi connectivity index (χ3n) is 3.95. The number of rotatable bonds is 4. The van der Waals surface area contributed by atoms with Gasteiger partial charge in [-0.2, -0.15) is 0 Å². The van der Waals surface area contributed by atoms with Crippen LogP contribution in [0.1, 0.15) is 43.0 Å². The summed E-state index contributed by atoms with van der Waals surface area (Å²) in [5.41, 5.74) is 0.824. The van der Waals surface area contributed by atoms with Crippen molar-refractivity contribution < 1.29 is 4.79 Å². The molecule has 0 radical (unpaired) electrons. The molecule has 0 saturated heterocycles. The Balaban J connectivity index is 2.04. The van der Waals surface area contributed by atoms with E-state index in [1.807, 2.05) is 37.3 Å². The summed E-state index contributed by atoms with van der Waals surface area (Å²) in [4.78, 5) is 14.6. The number of carbonyl (C=O) groups is 1. The van der Waals surface area contributed by atoms with Crippen LogP contribution in [0.5, 0.6) is 0 Å². The van der Waals surface area contributed by atoms with E-state index >= 15 is 0 Å². The van der Waals surface area contributed by atoms with Crippen LogP contribution in [0.3, 0.4) is 0 Å². The highest BCUT2D eigenvalue weighted by molar-refractivity contribution is 5.99. The number of Topliss-reactive ketones (excluding diaryl/α,β-unsaturated/α-hetero) is 1. The first-order valence-corrected chi connectivity index (χ1v) is 6.51. The van der Waals surface area contributed by atoms with Crippen molar-refractivity contribution in [3.8, 4) is 0 Å². The van der Waals surface area contributed by atoms with Crippen LogP contribution >= 0.6 is 0 Å². The minimum absolute atomic E-state index is 0.0134. The van der Waals surface area contributed by atoms with E-state index in [1.54, 1.807) is 0 Å². The van der Waals surface area contributed by atoms with E-state index in [4.69, 9.17) is 0 Å². The number of ketones is 1. The lowest BCUT2D eigenvalue weighted by molar-refractivity contribution is 0.0819. The van der Waals surface area contributed by atoms with E-state index in [-0.39, 0.29) is 11.8 Å². The monoisotopic (exact) mass is 231 g/mol. The maximum atomic E-state index is 12.3. The molecule has 1 saturated carbocycles. The van der Waals surface area contributed by atoms with Crippen molar-refractivity contribution in [3.05, 3.63) is 35.9 Å². The van der Waals surface area contributed by atoms with Crippen molar-refractivity contribution in [2.45, 2.75) is 44.7 Å². The molecule has 1 aliphatic rings. The summed E-state index contributed by atoms with van der Waals surface area (Å²) in [5.74, 6) is 0.236. The molecule has 2 nitrogen and oxygen atoms in total. The van der Waals surface area contributed by atoms with E-state index < -0.39 is 0 Å². The van der Waals surface area contributed by atoms with Crippen LogP contribution in [0.4, 0.5) is 0 Å². The average molecular weight is 231 g/mol. The predicted molar refractivity (Wildman–Crippen MR) is 70.3 cm³/mol. The van der Waals surface area contributed by atoms with Crippen molar-refractivity contribution in [2.75, 3.05) is 7.05 Å². The van der Waals surface area contributed by atoms with Crippen LogP contribution in [0, 0.1) is 0 Å². The number of likely N-dealkylation sites (N-methyl/N-ethyl adjacent to an activating group) is 1. The van der Waals surface area contributed by atoms with Gasteiger partial charge in [0.1, 0.15) is 0 Å². The van der Waals surface area contributed by atoms with Gasteiger partial charge in [0.25, 0.3) is 0 Å². The Morgan fingerprint density at radius 3 is 2.41 bits per heavy atom. The zero-order valence-corrected chi connectivity index (χ0v) is 10.7. The minimum atomic E-state index is -0.0134. The molecule has 1 fully saturated rings. The van der Waals surface area contributed by atoms with Gasteiger partial charge in [-0.1, -0.05) is 43.2 Å². The SMILES string of the molecule is CC(C(=O)c1ccccc1)N(C)C1CCCC1. The van der Waals surface area contributed by atoms with E-state index in [0.717, 1.165) is 5.56 Å². The standard InChI is InChI=1S/C15H21NO/c1-12(16(2)14-10-6-7-11-14)15(17)13-8-4-3-5-9-13/h3-5,8-9,12,14H,6-7,10-11H2,1-2H3. The second-order valence-corrected chi connectivity index (χ2v) is 5.01. The summed E-state index contributed by atoms with van der Waals surface area (Å²) < 4.78 is 0. The number of hydrogen-bond acceptors (Lipinski definition) is 2. The van der Waals surface area contributed by atoms with E-state index in [2.05, 4.69) is 11.9 Å². The fourth-order valence-corrected chi connectivity index (χ4v) is 2.66. The molecule has 2 heteroatoms. The van der Waals surface area contributed by atoms with Crippen LogP contribution in [-0.4, -0.2) is 29.8 Å². The zero-order valence-electron chi connectivity index (χ0n) is 10.7. The molecule has 0 amide bonds. The average Bonchev–Trinajstić information content (AvgIpc) is 2.91. The topological polar surface area (TPSA) is 20.3 Å². The highest BCUT2D eigenvalue weighted by atomic mass is 16.1. The maximum Gasteiger partial charge on any atom is 0.179 e. The molecule has 1 aliphatic carbocycles. The van der Waals surface area contributed by atoms with E-state index in [0.29, 0.717) is 6.04 Å². The Labute approximate surface area is 104 Å². The van der Waals surface area contributed by atoms with Gasteiger partial charge in [0.05, 0.1) is 6.04 Å². The first kappa shape index (κ1) is 12.3. The lowest BCUT2D eigenvalue weighted by Crippen LogP contribution is -2.41. The molecule has 2 rings (SSSR count). The molecule has 1 atom stereocenters. The fraction of sp³-hybridized carbons (Fsp3) is 0.533. The first-order chi connectivity index (χ1) is 8.20. The van der Waals surface area contributed by atoms with Gasteiger partial charge < -0.3 is 0 Å². The van der Waals surface area contributed by atoms with Crippen LogP contribution in [-0.2, 0) is 0 Å². The van der Waals surface area contributed by atoms with Gasteiger partial charge in [0, 0.05) is 11.6 Å². The molecule has 0 aliphatic heterocycles. The van der Waals surface area contributed by atoms with Crippen molar-refractivity contribution in [3.63, 3.8) is 0 Å². The van der Waals surface area contributed by atoms with Crippen LogP contribution < -0.4 is 0 Å². The quantitative estimate of drug-likeness (QED) is 0.742. The van der Waals surface area contributed by atoms with Crippen molar-refractivity contribution in [1.29, 1.82) is 0 Å². The fourth-order valence-electron chi connectivity index (χ4n) is 2.66. The largest absolute Gasteiger partial charge is 0.294 e. The molecule has 1 aromatic rings. The zero-order chi connectivity index (χ0) is 12.3. The Hall–Kier alpha value is -1.15. The number of nitrogens with zero attached hydrogens (tertiary/aromatic N) is 1. The maximum absolute atomic E-state index is 12.3. The molecule has 1 unspecified atom stereocenters. The van der Waals surface area contributed by atoms with Gasteiger partial charge in [0.15, 0.2) is 5.78 Å². The molecular formula is C15H21NO. The van der Waals surface area contributed by atoms with Crippen molar-refractivity contribution in [1.82, 2.24) is 4.90 Å². The van der Waals surface area contributed by atoms with Gasteiger partial charge in [-0.15, -0.1) is 0 Å². The Morgan fingerprint density at radius 1 is 1.24 bits per heavy atom. The van der Waals surface area contributed by atoms with Crippen LogP contribution in [0.15, 0.2) is 30.3 Å². The van der Waals surface area contributed by atoms with Gasteiger partial charge in [0.2, 0.25) is 0 Å². The smallest absolute Gasteiger partial charge is 0.179 e. The van der Waals surface area contributed by atoms with E-state index in [9.17, 15) is 4.79 Å². The second kappa shape index (κ2) is 5.46. The lowest BCUT2D eigenvalue weighted by Gasteiger charge is -2.29. The third kappa shape index (κ3) is 2.75. The van der Waals surface area contributed by atoms with Crippen molar-refractivity contribution in [2.24, 2.45) is 0 Å². The molecule has 0 N–H and O–H groups in total. The Morgan fingerprint density at radius 2 is 1.82 bits per heavy atom. The molecule has 0 spiro atoms. The molecule has 92 valence electrons. The van der Waals surface area contributed by atoms with Crippen LogP contribution in [0.25, 0.3) is 0 Å². The van der Waals surface area contributed by atoms with Crippen LogP contribution in [0.2, 0.25) is 0 Å². The summed E-state index contributed by atoms with van der Waals surface area (Å²) >= 11 is 0. The molecule has 17 heavy (non-hydrogen) atoms. The molecule has 0 bridgehead atoms. The van der Waals surface area contributed by atoms with Crippen molar-refractivity contribution >= 4 is 5.78 Å². The Kier molecular flexibility index (Phi) is 3.95. The lowest BCUT2D eigenvalue weighted by atomic mass is 10.0. The Bertz CT molecular complexity index is 368. The minimum Gasteiger partial charge on any atom is -0.294 e. The normalized spacial score (nSPS) is 18.5. The number of carbonyl (C=O) groups excluding carboxylic acids is 1. The number of hydrogen-bond donors (Lipinski definition) is 0. The summed E-state index contributed by atoms with van der Waals surface area (Å²) in [5, 5.41) is 0. The summed E-state index contributed by atoms with van der Waals surface area (Å²) in [6, 6.07) is 10.2. The van der Waals surface area contributed by atoms with Gasteiger partial charge in [-0.25, -0.2) is 0 Å². The summed E-state index contributed by atoms with van der Waals surface area (Å²) in [6.45, 7) is 2.02. The molecule has 1 aromatic carbocycles. The predicted octanol–water partition coefficient (Wildman–Crippen LogP) is 3.13. The first-order valence-electron chi connectivity index (χ1n) is 6.51. The van der Waals surface area contributed by atoms with E-state index in [1.165, 1.54) is 25.7 Å².